The average molecular weight is 254 g/mol. The first-order valence-corrected chi connectivity index (χ1v) is 8.28. The van der Waals surface area contributed by atoms with Crippen LogP contribution in [-0.4, -0.2) is 18.6 Å². The van der Waals surface area contributed by atoms with Crippen molar-refractivity contribution in [2.24, 2.45) is 5.73 Å². The highest BCUT2D eigenvalue weighted by atomic mass is 15.0. The molecular formula is C16H34N2. The zero-order valence-corrected chi connectivity index (χ0v) is 12.5. The van der Waals surface area contributed by atoms with Crippen molar-refractivity contribution < 1.29 is 0 Å². The van der Waals surface area contributed by atoms with E-state index in [2.05, 4.69) is 12.2 Å². The Kier molecular flexibility index (Phi) is 8.70. The van der Waals surface area contributed by atoms with E-state index in [0.717, 1.165) is 13.1 Å². The van der Waals surface area contributed by atoms with Gasteiger partial charge >= 0.3 is 0 Å². The van der Waals surface area contributed by atoms with Crippen LogP contribution < -0.4 is 11.1 Å². The van der Waals surface area contributed by atoms with Crippen LogP contribution in [0.25, 0.3) is 0 Å². The lowest BCUT2D eigenvalue weighted by atomic mass is 9.85. The molecule has 0 bridgehead atoms. The second-order valence-electron chi connectivity index (χ2n) is 6.09. The monoisotopic (exact) mass is 254 g/mol. The third-order valence-corrected chi connectivity index (χ3v) is 4.45. The zero-order valence-electron chi connectivity index (χ0n) is 12.5. The Bertz CT molecular complexity index is 180. The van der Waals surface area contributed by atoms with Gasteiger partial charge in [-0.1, -0.05) is 64.7 Å². The van der Waals surface area contributed by atoms with Crippen molar-refractivity contribution in [1.82, 2.24) is 5.32 Å². The second-order valence-corrected chi connectivity index (χ2v) is 6.09. The number of hydrogen-bond acceptors (Lipinski definition) is 2. The SMILES string of the molecule is CCCNC1(CN)CCCCCCCCCCC1. The van der Waals surface area contributed by atoms with Crippen LogP contribution in [0.5, 0.6) is 0 Å². The van der Waals surface area contributed by atoms with E-state index in [4.69, 9.17) is 5.73 Å². The van der Waals surface area contributed by atoms with Gasteiger partial charge in [0.1, 0.15) is 0 Å². The topological polar surface area (TPSA) is 38.0 Å². The van der Waals surface area contributed by atoms with Crippen molar-refractivity contribution in [3.63, 3.8) is 0 Å². The molecule has 0 heterocycles. The van der Waals surface area contributed by atoms with Crippen molar-refractivity contribution in [1.29, 1.82) is 0 Å². The predicted molar refractivity (Wildman–Crippen MR) is 80.9 cm³/mol. The minimum atomic E-state index is 0.245. The maximum absolute atomic E-state index is 6.10. The van der Waals surface area contributed by atoms with Gasteiger partial charge in [-0.15, -0.1) is 0 Å². The number of nitrogens with two attached hydrogens (primary N) is 1. The molecule has 108 valence electrons. The molecule has 0 atom stereocenters. The molecule has 0 aromatic carbocycles. The van der Waals surface area contributed by atoms with Crippen LogP contribution in [0.15, 0.2) is 0 Å². The lowest BCUT2D eigenvalue weighted by molar-refractivity contribution is 0.267. The van der Waals surface area contributed by atoms with E-state index in [1.54, 1.807) is 0 Å². The number of hydrogen-bond donors (Lipinski definition) is 2. The molecule has 0 radical (unpaired) electrons. The first-order chi connectivity index (χ1) is 8.83. The summed E-state index contributed by atoms with van der Waals surface area (Å²) in [5.74, 6) is 0. The molecule has 1 fully saturated rings. The van der Waals surface area contributed by atoms with Gasteiger partial charge in [0.05, 0.1) is 0 Å². The van der Waals surface area contributed by atoms with Gasteiger partial charge in [0.15, 0.2) is 0 Å². The Labute approximate surface area is 114 Å². The molecule has 1 aliphatic carbocycles. The molecule has 1 aliphatic rings. The Morgan fingerprint density at radius 3 is 1.67 bits per heavy atom. The normalized spacial score (nSPS) is 23.0. The summed E-state index contributed by atoms with van der Waals surface area (Å²) in [5, 5.41) is 3.76. The van der Waals surface area contributed by atoms with Gasteiger partial charge < -0.3 is 11.1 Å². The molecule has 0 spiro atoms. The lowest BCUT2D eigenvalue weighted by Gasteiger charge is -2.34. The molecule has 2 heteroatoms. The van der Waals surface area contributed by atoms with Gasteiger partial charge in [0.2, 0.25) is 0 Å². The molecule has 0 aromatic heterocycles. The average Bonchev–Trinajstić information content (AvgIpc) is 2.39. The van der Waals surface area contributed by atoms with Gasteiger partial charge in [-0.2, -0.15) is 0 Å². The van der Waals surface area contributed by atoms with Crippen LogP contribution in [0.2, 0.25) is 0 Å². The third kappa shape index (κ3) is 6.19. The van der Waals surface area contributed by atoms with E-state index >= 15 is 0 Å². The van der Waals surface area contributed by atoms with E-state index in [1.807, 2.05) is 0 Å². The Balaban J connectivity index is 2.46. The van der Waals surface area contributed by atoms with E-state index in [1.165, 1.54) is 77.0 Å². The first-order valence-electron chi connectivity index (χ1n) is 8.28. The summed E-state index contributed by atoms with van der Waals surface area (Å²) >= 11 is 0. The van der Waals surface area contributed by atoms with Crippen molar-refractivity contribution >= 4 is 0 Å². The van der Waals surface area contributed by atoms with E-state index in [0.29, 0.717) is 0 Å². The standard InChI is InChI=1S/C16H34N2/c1-2-14-18-16(15-17)12-10-8-6-4-3-5-7-9-11-13-16/h18H,2-15,17H2,1H3. The van der Waals surface area contributed by atoms with Gasteiger partial charge in [0.25, 0.3) is 0 Å². The molecule has 0 aromatic rings. The number of nitrogens with one attached hydrogen (secondary N) is 1. The summed E-state index contributed by atoms with van der Waals surface area (Å²) in [4.78, 5) is 0. The molecule has 3 N–H and O–H groups in total. The predicted octanol–water partition coefficient (Wildman–Crippen LogP) is 3.99. The molecule has 0 unspecified atom stereocenters. The number of rotatable bonds is 4. The van der Waals surface area contributed by atoms with Crippen molar-refractivity contribution in [3.05, 3.63) is 0 Å². The first kappa shape index (κ1) is 16.0. The van der Waals surface area contributed by atoms with Crippen LogP contribution in [-0.2, 0) is 0 Å². The Hall–Kier alpha value is -0.0800. The fourth-order valence-corrected chi connectivity index (χ4v) is 3.13. The van der Waals surface area contributed by atoms with E-state index in [9.17, 15) is 0 Å². The van der Waals surface area contributed by atoms with Crippen LogP contribution in [0.4, 0.5) is 0 Å². The minimum absolute atomic E-state index is 0.245. The van der Waals surface area contributed by atoms with Crippen molar-refractivity contribution in [2.45, 2.75) is 89.5 Å². The molecule has 0 saturated heterocycles. The highest BCUT2D eigenvalue weighted by Gasteiger charge is 2.26. The summed E-state index contributed by atoms with van der Waals surface area (Å²) < 4.78 is 0. The van der Waals surface area contributed by atoms with Crippen LogP contribution >= 0.6 is 0 Å². The Morgan fingerprint density at radius 2 is 1.28 bits per heavy atom. The second kappa shape index (κ2) is 9.80. The van der Waals surface area contributed by atoms with Gasteiger partial charge in [-0.25, -0.2) is 0 Å². The highest BCUT2D eigenvalue weighted by molar-refractivity contribution is 4.89. The molecular weight excluding hydrogens is 220 g/mol. The van der Waals surface area contributed by atoms with Gasteiger partial charge in [0, 0.05) is 12.1 Å². The summed E-state index contributed by atoms with van der Waals surface area (Å²) in [6.07, 6.45) is 16.5. The lowest BCUT2D eigenvalue weighted by Crippen LogP contribution is -2.51. The van der Waals surface area contributed by atoms with E-state index in [-0.39, 0.29) is 5.54 Å². The maximum atomic E-state index is 6.10. The van der Waals surface area contributed by atoms with Crippen molar-refractivity contribution in [3.8, 4) is 0 Å². The van der Waals surface area contributed by atoms with Crippen molar-refractivity contribution in [2.75, 3.05) is 13.1 Å². The van der Waals surface area contributed by atoms with E-state index < -0.39 is 0 Å². The fourth-order valence-electron chi connectivity index (χ4n) is 3.13. The molecule has 0 amide bonds. The van der Waals surface area contributed by atoms with Crippen LogP contribution in [0, 0.1) is 0 Å². The zero-order chi connectivity index (χ0) is 13.1. The quantitative estimate of drug-likeness (QED) is 0.796. The maximum Gasteiger partial charge on any atom is 0.0304 e. The summed E-state index contributed by atoms with van der Waals surface area (Å²) in [5.41, 5.74) is 6.34. The smallest absolute Gasteiger partial charge is 0.0304 e. The highest BCUT2D eigenvalue weighted by Crippen LogP contribution is 2.24. The molecule has 18 heavy (non-hydrogen) atoms. The molecule has 0 aliphatic heterocycles. The molecule has 1 rings (SSSR count). The van der Waals surface area contributed by atoms with Gasteiger partial charge in [-0.05, 0) is 25.8 Å². The summed E-state index contributed by atoms with van der Waals surface area (Å²) in [6.45, 7) is 4.18. The largest absolute Gasteiger partial charge is 0.329 e. The summed E-state index contributed by atoms with van der Waals surface area (Å²) in [7, 11) is 0. The fraction of sp³-hybridized carbons (Fsp3) is 1.00. The third-order valence-electron chi connectivity index (χ3n) is 4.45. The van der Waals surface area contributed by atoms with Gasteiger partial charge in [-0.3, -0.25) is 0 Å². The summed E-state index contributed by atoms with van der Waals surface area (Å²) in [6, 6.07) is 0. The van der Waals surface area contributed by atoms with Crippen LogP contribution in [0.1, 0.15) is 84.0 Å². The minimum Gasteiger partial charge on any atom is -0.329 e. The molecule has 1 saturated carbocycles. The molecule has 2 nitrogen and oxygen atoms in total. The Morgan fingerprint density at radius 1 is 0.833 bits per heavy atom. The van der Waals surface area contributed by atoms with Crippen LogP contribution in [0.3, 0.4) is 0 Å².